The summed E-state index contributed by atoms with van der Waals surface area (Å²) in [4.78, 5) is 15.9. The van der Waals surface area contributed by atoms with Crippen molar-refractivity contribution in [2.45, 2.75) is 19.8 Å². The van der Waals surface area contributed by atoms with Gasteiger partial charge in [-0.15, -0.1) is 0 Å². The predicted octanol–water partition coefficient (Wildman–Crippen LogP) is 3.61. The van der Waals surface area contributed by atoms with Crippen LogP contribution in [0.1, 0.15) is 17.5 Å². The maximum absolute atomic E-state index is 11.8. The number of hydrogen-bond donors (Lipinski definition) is 1. The van der Waals surface area contributed by atoms with Gasteiger partial charge < -0.3 is 5.32 Å². The number of amides is 1. The molecule has 2 rings (SSSR count). The summed E-state index contributed by atoms with van der Waals surface area (Å²) in [6.07, 6.45) is 2.76. The van der Waals surface area contributed by atoms with E-state index in [1.807, 2.05) is 43.3 Å². The van der Waals surface area contributed by atoms with Gasteiger partial charge in [0.2, 0.25) is 5.91 Å². The molecule has 0 unspecified atom stereocenters. The summed E-state index contributed by atoms with van der Waals surface area (Å²) < 4.78 is 0. The average Bonchev–Trinajstić information content (AvgIpc) is 2.36. The zero-order valence-corrected chi connectivity index (χ0v) is 11.4. The first-order valence-electron chi connectivity index (χ1n) is 6.10. The van der Waals surface area contributed by atoms with E-state index in [0.717, 1.165) is 11.1 Å². The number of halogens is 1. The van der Waals surface area contributed by atoms with E-state index < -0.39 is 0 Å². The second kappa shape index (κ2) is 6.34. The van der Waals surface area contributed by atoms with Gasteiger partial charge in [-0.3, -0.25) is 4.79 Å². The van der Waals surface area contributed by atoms with Crippen LogP contribution in [0.5, 0.6) is 0 Å². The smallest absolute Gasteiger partial charge is 0.225 e. The number of anilines is 1. The van der Waals surface area contributed by atoms with Gasteiger partial charge in [-0.1, -0.05) is 23.7 Å². The summed E-state index contributed by atoms with van der Waals surface area (Å²) in [5, 5.41) is 3.48. The molecule has 1 N–H and O–H groups in total. The minimum absolute atomic E-state index is 0.0434. The molecule has 0 radical (unpaired) electrons. The van der Waals surface area contributed by atoms with Gasteiger partial charge in [0, 0.05) is 17.6 Å². The van der Waals surface area contributed by atoms with Gasteiger partial charge in [0.25, 0.3) is 0 Å². The summed E-state index contributed by atoms with van der Waals surface area (Å²) in [5.41, 5.74) is 2.12. The first-order valence-corrected chi connectivity index (χ1v) is 6.48. The molecule has 0 saturated heterocycles. The lowest BCUT2D eigenvalue weighted by atomic mass is 10.1. The van der Waals surface area contributed by atoms with Gasteiger partial charge in [-0.2, -0.15) is 0 Å². The van der Waals surface area contributed by atoms with Gasteiger partial charge in [-0.05, 0) is 48.7 Å². The van der Waals surface area contributed by atoms with Crippen LogP contribution in [0.3, 0.4) is 0 Å². The number of aryl methyl sites for hydroxylation is 2. The molecule has 0 aliphatic rings. The highest BCUT2D eigenvalue weighted by molar-refractivity contribution is 6.30. The molecule has 1 aromatic heterocycles. The number of aromatic nitrogens is 1. The molecular weight excluding hydrogens is 260 g/mol. The molecular formula is C15H15ClN2O. The molecule has 0 spiro atoms. The number of nitrogens with zero attached hydrogens (tertiary/aromatic N) is 1. The zero-order chi connectivity index (χ0) is 13.7. The summed E-state index contributed by atoms with van der Waals surface area (Å²) in [7, 11) is 0. The van der Waals surface area contributed by atoms with Crippen molar-refractivity contribution < 1.29 is 4.79 Å². The van der Waals surface area contributed by atoms with Crippen LogP contribution in [0, 0.1) is 6.92 Å². The fourth-order valence-corrected chi connectivity index (χ4v) is 1.97. The molecule has 1 heterocycles. The number of benzene rings is 1. The molecule has 0 fully saturated rings. The molecule has 98 valence electrons. The van der Waals surface area contributed by atoms with Crippen molar-refractivity contribution in [2.24, 2.45) is 0 Å². The third-order valence-electron chi connectivity index (χ3n) is 2.71. The largest absolute Gasteiger partial charge is 0.311 e. The van der Waals surface area contributed by atoms with E-state index in [0.29, 0.717) is 23.7 Å². The van der Waals surface area contributed by atoms with E-state index in [-0.39, 0.29) is 5.91 Å². The Labute approximate surface area is 117 Å². The fraction of sp³-hybridized carbons (Fsp3) is 0.200. The quantitative estimate of drug-likeness (QED) is 0.925. The molecule has 1 aromatic carbocycles. The molecule has 19 heavy (non-hydrogen) atoms. The van der Waals surface area contributed by atoms with Crippen molar-refractivity contribution >= 4 is 23.3 Å². The van der Waals surface area contributed by atoms with Crippen molar-refractivity contribution in [1.82, 2.24) is 4.98 Å². The second-order valence-corrected chi connectivity index (χ2v) is 4.83. The van der Waals surface area contributed by atoms with Crippen molar-refractivity contribution in [3.63, 3.8) is 0 Å². The maximum atomic E-state index is 11.8. The number of pyridine rings is 1. The lowest BCUT2D eigenvalue weighted by Gasteiger charge is -2.05. The molecule has 4 heteroatoms. The highest BCUT2D eigenvalue weighted by Gasteiger charge is 2.04. The number of nitrogens with one attached hydrogen (secondary N) is 1. The van der Waals surface area contributed by atoms with E-state index in [1.165, 1.54) is 0 Å². The van der Waals surface area contributed by atoms with Crippen molar-refractivity contribution in [3.8, 4) is 0 Å². The maximum Gasteiger partial charge on any atom is 0.225 e. The summed E-state index contributed by atoms with van der Waals surface area (Å²) in [6, 6.07) is 11.3. The molecule has 3 nitrogen and oxygen atoms in total. The molecule has 1 amide bonds. The lowest BCUT2D eigenvalue weighted by Crippen LogP contribution is -2.13. The molecule has 0 saturated carbocycles. The Morgan fingerprint density at radius 1 is 1.32 bits per heavy atom. The van der Waals surface area contributed by atoms with Crippen LogP contribution in [-0.2, 0) is 11.2 Å². The third-order valence-corrected chi connectivity index (χ3v) is 2.95. The van der Waals surface area contributed by atoms with E-state index in [1.54, 1.807) is 6.20 Å². The Bertz CT molecular complexity index is 584. The van der Waals surface area contributed by atoms with Crippen molar-refractivity contribution in [2.75, 3.05) is 5.32 Å². The Morgan fingerprint density at radius 3 is 2.89 bits per heavy atom. The van der Waals surface area contributed by atoms with Crippen LogP contribution < -0.4 is 5.32 Å². The van der Waals surface area contributed by atoms with Crippen LogP contribution >= 0.6 is 11.6 Å². The Kier molecular flexibility index (Phi) is 4.53. The SMILES string of the molecule is Cc1ccnc(NC(=O)CCc2cccc(Cl)c2)c1. The number of rotatable bonds is 4. The summed E-state index contributed by atoms with van der Waals surface area (Å²) in [5.74, 6) is 0.550. The summed E-state index contributed by atoms with van der Waals surface area (Å²) >= 11 is 5.90. The number of carbonyl (C=O) groups excluding carboxylic acids is 1. The van der Waals surface area contributed by atoms with Gasteiger partial charge in [-0.25, -0.2) is 4.98 Å². The number of carbonyl (C=O) groups is 1. The van der Waals surface area contributed by atoms with E-state index in [4.69, 9.17) is 11.6 Å². The van der Waals surface area contributed by atoms with Gasteiger partial charge in [0.15, 0.2) is 0 Å². The fourth-order valence-electron chi connectivity index (χ4n) is 1.76. The number of hydrogen-bond acceptors (Lipinski definition) is 2. The predicted molar refractivity (Wildman–Crippen MR) is 77.4 cm³/mol. The highest BCUT2D eigenvalue weighted by Crippen LogP contribution is 2.13. The molecule has 2 aromatic rings. The first-order chi connectivity index (χ1) is 9.13. The zero-order valence-electron chi connectivity index (χ0n) is 10.7. The Hall–Kier alpha value is -1.87. The Balaban J connectivity index is 1.88. The van der Waals surface area contributed by atoms with Crippen molar-refractivity contribution in [3.05, 3.63) is 58.7 Å². The molecule has 0 aliphatic heterocycles. The van der Waals surface area contributed by atoms with Crippen LogP contribution in [0.2, 0.25) is 5.02 Å². The molecule has 0 atom stereocenters. The van der Waals surface area contributed by atoms with Crippen LogP contribution in [0.25, 0.3) is 0 Å². The Morgan fingerprint density at radius 2 is 2.16 bits per heavy atom. The standard InChI is InChI=1S/C15H15ClN2O/c1-11-7-8-17-14(9-11)18-15(19)6-5-12-3-2-4-13(16)10-12/h2-4,7-10H,5-6H2,1H3,(H,17,18,19). The summed E-state index contributed by atoms with van der Waals surface area (Å²) in [6.45, 7) is 1.96. The van der Waals surface area contributed by atoms with Gasteiger partial charge in [0.1, 0.15) is 5.82 Å². The van der Waals surface area contributed by atoms with Crippen LogP contribution in [0.15, 0.2) is 42.6 Å². The van der Waals surface area contributed by atoms with Crippen molar-refractivity contribution in [1.29, 1.82) is 0 Å². The van der Waals surface area contributed by atoms with Gasteiger partial charge in [0.05, 0.1) is 0 Å². The lowest BCUT2D eigenvalue weighted by molar-refractivity contribution is -0.116. The van der Waals surface area contributed by atoms with Crippen LogP contribution in [-0.4, -0.2) is 10.9 Å². The second-order valence-electron chi connectivity index (χ2n) is 4.40. The molecule has 0 aliphatic carbocycles. The highest BCUT2D eigenvalue weighted by atomic mass is 35.5. The van der Waals surface area contributed by atoms with Gasteiger partial charge >= 0.3 is 0 Å². The van der Waals surface area contributed by atoms with E-state index >= 15 is 0 Å². The topological polar surface area (TPSA) is 42.0 Å². The van der Waals surface area contributed by atoms with Crippen LogP contribution in [0.4, 0.5) is 5.82 Å². The minimum atomic E-state index is -0.0434. The first kappa shape index (κ1) is 13.6. The monoisotopic (exact) mass is 274 g/mol. The normalized spacial score (nSPS) is 10.2. The van der Waals surface area contributed by atoms with E-state index in [9.17, 15) is 4.79 Å². The average molecular weight is 275 g/mol. The van der Waals surface area contributed by atoms with E-state index in [2.05, 4.69) is 10.3 Å². The molecule has 0 bridgehead atoms. The minimum Gasteiger partial charge on any atom is -0.311 e. The third kappa shape index (κ3) is 4.38.